The van der Waals surface area contributed by atoms with Crippen LogP contribution in [0.3, 0.4) is 0 Å². The first kappa shape index (κ1) is 27.1. The molecule has 0 aromatic heterocycles. The molecule has 0 radical (unpaired) electrons. The summed E-state index contributed by atoms with van der Waals surface area (Å²) in [6.45, 7) is 0.870. The SMILES string of the molecule is O=C(NC[C@H]1CCC[C@@H](CNC(=O)NNC(=O)c2ccccc2Cl)C1)NNC(=O)c1ccccc1Cl. The van der Waals surface area contributed by atoms with Crippen LogP contribution in [-0.4, -0.2) is 37.0 Å². The number of hydrogen-bond donors (Lipinski definition) is 6. The van der Waals surface area contributed by atoms with Gasteiger partial charge in [0.05, 0.1) is 21.2 Å². The Hall–Kier alpha value is -3.50. The van der Waals surface area contributed by atoms with Crippen molar-refractivity contribution < 1.29 is 19.2 Å². The molecule has 2 aromatic rings. The molecule has 1 aliphatic carbocycles. The molecule has 0 aliphatic heterocycles. The normalized spacial score (nSPS) is 16.8. The van der Waals surface area contributed by atoms with Crippen LogP contribution in [0, 0.1) is 11.8 Å². The molecular formula is C24H28Cl2N6O4. The van der Waals surface area contributed by atoms with Gasteiger partial charge in [-0.2, -0.15) is 0 Å². The molecule has 192 valence electrons. The van der Waals surface area contributed by atoms with Crippen LogP contribution >= 0.6 is 23.2 Å². The molecule has 10 nitrogen and oxygen atoms in total. The average molecular weight is 535 g/mol. The van der Waals surface area contributed by atoms with Gasteiger partial charge in [0.25, 0.3) is 11.8 Å². The average Bonchev–Trinajstić information content (AvgIpc) is 2.88. The number of nitrogens with one attached hydrogen (secondary N) is 6. The van der Waals surface area contributed by atoms with Gasteiger partial charge in [-0.25, -0.2) is 20.4 Å². The minimum atomic E-state index is -0.524. The van der Waals surface area contributed by atoms with Gasteiger partial charge in [0.2, 0.25) is 0 Å². The van der Waals surface area contributed by atoms with Crippen LogP contribution in [0.15, 0.2) is 48.5 Å². The molecular weight excluding hydrogens is 507 g/mol. The summed E-state index contributed by atoms with van der Waals surface area (Å²) in [5, 5.41) is 6.09. The Bertz CT molecular complexity index is 1020. The van der Waals surface area contributed by atoms with Crippen LogP contribution < -0.4 is 32.3 Å². The summed E-state index contributed by atoms with van der Waals surface area (Å²) >= 11 is 12.0. The molecule has 36 heavy (non-hydrogen) atoms. The number of amides is 6. The van der Waals surface area contributed by atoms with Gasteiger partial charge in [0, 0.05) is 13.1 Å². The predicted octanol–water partition coefficient (Wildman–Crippen LogP) is 3.39. The van der Waals surface area contributed by atoms with Crippen LogP contribution in [0.5, 0.6) is 0 Å². The standard InChI is InChI=1S/C24H28Cl2N6O4/c25-19-10-3-1-8-17(19)21(33)29-31-23(35)27-13-15-6-5-7-16(12-15)14-28-24(36)32-30-22(34)18-9-2-4-11-20(18)26/h1-4,8-11,15-16H,5-7,12-14H2,(H,29,33)(H,30,34)(H2,27,31,35)(H2,28,32,36)/t15-,16+. The van der Waals surface area contributed by atoms with Gasteiger partial charge in [-0.3, -0.25) is 20.4 Å². The number of rotatable bonds is 6. The van der Waals surface area contributed by atoms with Crippen molar-refractivity contribution >= 4 is 47.1 Å². The minimum absolute atomic E-state index is 0.235. The zero-order chi connectivity index (χ0) is 25.9. The Morgan fingerprint density at radius 3 is 1.50 bits per heavy atom. The van der Waals surface area contributed by atoms with Gasteiger partial charge in [0.15, 0.2) is 0 Å². The highest BCUT2D eigenvalue weighted by Crippen LogP contribution is 2.28. The summed E-state index contributed by atoms with van der Waals surface area (Å²) in [6, 6.07) is 12.0. The van der Waals surface area contributed by atoms with Crippen LogP contribution in [0.1, 0.15) is 46.4 Å². The van der Waals surface area contributed by atoms with Gasteiger partial charge >= 0.3 is 12.1 Å². The molecule has 1 saturated carbocycles. The Balaban J connectivity index is 1.32. The second kappa shape index (κ2) is 13.6. The largest absolute Gasteiger partial charge is 0.336 e. The fraction of sp³-hybridized carbons (Fsp3) is 0.333. The molecule has 2 atom stereocenters. The molecule has 3 rings (SSSR count). The van der Waals surface area contributed by atoms with Crippen molar-refractivity contribution in [3.8, 4) is 0 Å². The maximum atomic E-state index is 12.1. The van der Waals surface area contributed by atoms with Crippen LogP contribution in [0.2, 0.25) is 10.0 Å². The van der Waals surface area contributed by atoms with Crippen molar-refractivity contribution in [3.05, 3.63) is 69.7 Å². The van der Waals surface area contributed by atoms with Crippen molar-refractivity contribution in [3.63, 3.8) is 0 Å². The Morgan fingerprint density at radius 1 is 0.667 bits per heavy atom. The van der Waals surface area contributed by atoms with E-state index in [4.69, 9.17) is 23.2 Å². The van der Waals surface area contributed by atoms with Gasteiger partial charge in [-0.15, -0.1) is 0 Å². The Kier molecular flexibility index (Phi) is 10.2. The summed E-state index contributed by atoms with van der Waals surface area (Å²) in [4.78, 5) is 48.4. The number of halogens is 2. The monoisotopic (exact) mass is 534 g/mol. The number of hydrogen-bond acceptors (Lipinski definition) is 4. The molecule has 0 bridgehead atoms. The lowest BCUT2D eigenvalue weighted by Crippen LogP contribution is -2.49. The Labute approximate surface area is 218 Å². The maximum absolute atomic E-state index is 12.1. The van der Waals surface area contributed by atoms with Crippen LogP contribution in [0.4, 0.5) is 9.59 Å². The lowest BCUT2D eigenvalue weighted by atomic mass is 9.81. The number of benzene rings is 2. The van der Waals surface area contributed by atoms with Gasteiger partial charge < -0.3 is 10.6 Å². The number of carbonyl (C=O) groups is 4. The van der Waals surface area contributed by atoms with Crippen LogP contribution in [0.25, 0.3) is 0 Å². The molecule has 6 N–H and O–H groups in total. The van der Waals surface area contributed by atoms with Crippen molar-refractivity contribution in [2.45, 2.75) is 25.7 Å². The predicted molar refractivity (Wildman–Crippen MR) is 136 cm³/mol. The lowest BCUT2D eigenvalue weighted by Gasteiger charge is -2.29. The third kappa shape index (κ3) is 8.31. The van der Waals surface area contributed by atoms with E-state index in [2.05, 4.69) is 32.3 Å². The highest BCUT2D eigenvalue weighted by atomic mass is 35.5. The minimum Gasteiger partial charge on any atom is -0.336 e. The van der Waals surface area contributed by atoms with Crippen molar-refractivity contribution in [1.82, 2.24) is 32.3 Å². The molecule has 0 heterocycles. The van der Waals surface area contributed by atoms with E-state index >= 15 is 0 Å². The van der Waals surface area contributed by atoms with E-state index in [1.807, 2.05) is 0 Å². The highest BCUT2D eigenvalue weighted by molar-refractivity contribution is 6.34. The first-order valence-electron chi connectivity index (χ1n) is 11.5. The van der Waals surface area contributed by atoms with Crippen molar-refractivity contribution in [2.24, 2.45) is 11.8 Å². The first-order valence-corrected chi connectivity index (χ1v) is 12.3. The molecule has 1 aliphatic rings. The smallest absolute Gasteiger partial charge is 0.333 e. The summed E-state index contributed by atoms with van der Waals surface area (Å²) in [7, 11) is 0. The first-order chi connectivity index (χ1) is 17.3. The third-order valence-electron chi connectivity index (χ3n) is 5.81. The number of hydrazine groups is 2. The molecule has 0 unspecified atom stereocenters. The number of urea groups is 2. The molecule has 2 aromatic carbocycles. The number of carbonyl (C=O) groups excluding carboxylic acids is 4. The molecule has 0 spiro atoms. The van der Waals surface area contributed by atoms with Crippen LogP contribution in [-0.2, 0) is 0 Å². The second-order valence-corrected chi connectivity index (χ2v) is 9.25. The van der Waals surface area contributed by atoms with Crippen molar-refractivity contribution in [2.75, 3.05) is 13.1 Å². The fourth-order valence-corrected chi connectivity index (χ4v) is 4.43. The van der Waals surface area contributed by atoms with E-state index in [0.717, 1.165) is 25.7 Å². The van der Waals surface area contributed by atoms with E-state index in [9.17, 15) is 19.2 Å². The summed E-state index contributed by atoms with van der Waals surface area (Å²) in [6.07, 6.45) is 3.68. The van der Waals surface area contributed by atoms with E-state index in [-0.39, 0.29) is 33.0 Å². The quantitative estimate of drug-likeness (QED) is 0.316. The maximum Gasteiger partial charge on any atom is 0.333 e. The third-order valence-corrected chi connectivity index (χ3v) is 6.47. The highest BCUT2D eigenvalue weighted by Gasteiger charge is 2.23. The molecule has 6 amide bonds. The zero-order valence-electron chi connectivity index (χ0n) is 19.4. The molecule has 1 fully saturated rings. The van der Waals surface area contributed by atoms with E-state index in [1.54, 1.807) is 48.5 Å². The fourth-order valence-electron chi connectivity index (χ4n) is 3.99. The van der Waals surface area contributed by atoms with Gasteiger partial charge in [-0.05, 0) is 55.4 Å². The van der Waals surface area contributed by atoms with E-state index in [0.29, 0.717) is 13.1 Å². The second-order valence-electron chi connectivity index (χ2n) is 8.44. The summed E-state index contributed by atoms with van der Waals surface area (Å²) in [5.41, 5.74) is 9.81. The lowest BCUT2D eigenvalue weighted by molar-refractivity contribution is 0.0929. The van der Waals surface area contributed by atoms with Gasteiger partial charge in [0.1, 0.15) is 0 Å². The molecule has 12 heteroatoms. The summed E-state index contributed by atoms with van der Waals surface area (Å²) in [5.74, 6) is -0.557. The summed E-state index contributed by atoms with van der Waals surface area (Å²) < 4.78 is 0. The molecule has 0 saturated heterocycles. The van der Waals surface area contributed by atoms with Gasteiger partial charge in [-0.1, -0.05) is 53.9 Å². The topological polar surface area (TPSA) is 140 Å². The Morgan fingerprint density at radius 2 is 1.08 bits per heavy atom. The zero-order valence-corrected chi connectivity index (χ0v) is 20.9. The van der Waals surface area contributed by atoms with Crippen molar-refractivity contribution in [1.29, 1.82) is 0 Å². The van der Waals surface area contributed by atoms with E-state index in [1.165, 1.54) is 0 Å². The van der Waals surface area contributed by atoms with E-state index < -0.39 is 23.9 Å².